The molecule has 0 heterocycles. The van der Waals surface area contributed by atoms with Gasteiger partial charge < -0.3 is 15.2 Å². The lowest BCUT2D eigenvalue weighted by atomic mass is 10.2. The summed E-state index contributed by atoms with van der Waals surface area (Å²) in [6, 6.07) is 12.4. The van der Waals surface area contributed by atoms with E-state index in [1.165, 1.54) is 12.3 Å². The zero-order valence-electron chi connectivity index (χ0n) is 13.3. The maximum Gasteiger partial charge on any atom is 0.246 e. The summed E-state index contributed by atoms with van der Waals surface area (Å²) in [5.41, 5.74) is 1.23. The number of para-hydroxylation sites is 1. The van der Waals surface area contributed by atoms with Crippen LogP contribution >= 0.6 is 15.9 Å². The van der Waals surface area contributed by atoms with Crippen molar-refractivity contribution in [3.05, 3.63) is 52.5 Å². The first-order valence-corrected chi connectivity index (χ1v) is 8.39. The molecule has 0 aliphatic rings. The van der Waals surface area contributed by atoms with Crippen molar-refractivity contribution in [3.63, 3.8) is 0 Å². The Balaban J connectivity index is 1.91. The number of ether oxygens (including phenoxy) is 1. The van der Waals surface area contributed by atoms with E-state index >= 15 is 0 Å². The summed E-state index contributed by atoms with van der Waals surface area (Å²) in [7, 11) is 0. The fourth-order valence-electron chi connectivity index (χ4n) is 1.92. The Morgan fingerprint density at radius 1 is 1.33 bits per heavy atom. The molecule has 24 heavy (non-hydrogen) atoms. The van der Waals surface area contributed by atoms with Crippen LogP contribution in [0.5, 0.6) is 11.5 Å². The number of carbonyl (C=O) groups is 1. The molecule has 2 aromatic carbocycles. The fraction of sp³-hybridized carbons (Fsp3) is 0.222. The molecule has 5 nitrogen and oxygen atoms in total. The maximum atomic E-state index is 11.9. The standard InChI is InChI=1S/C18H19BrN2O3/c1-2-9-24-14-8-7-13(17(22)10-14)11-20-12-18(23)21-16-6-4-3-5-15(16)19/h3-8,10-11,22H,2,9,12H2,1H3,(H,21,23). The number of hydrogen-bond donors (Lipinski definition) is 2. The molecule has 126 valence electrons. The van der Waals surface area contributed by atoms with Crippen molar-refractivity contribution in [2.45, 2.75) is 13.3 Å². The summed E-state index contributed by atoms with van der Waals surface area (Å²) < 4.78 is 6.25. The van der Waals surface area contributed by atoms with Gasteiger partial charge in [0.15, 0.2) is 0 Å². The number of phenols is 1. The van der Waals surface area contributed by atoms with Gasteiger partial charge in [-0.3, -0.25) is 9.79 Å². The number of halogens is 1. The number of anilines is 1. The first kappa shape index (κ1) is 18.0. The van der Waals surface area contributed by atoms with Gasteiger partial charge in [0.05, 0.1) is 12.3 Å². The van der Waals surface area contributed by atoms with E-state index in [0.717, 1.165) is 10.9 Å². The molecular weight excluding hydrogens is 372 g/mol. The van der Waals surface area contributed by atoms with Gasteiger partial charge in [-0.2, -0.15) is 0 Å². The second-order valence-electron chi connectivity index (χ2n) is 5.07. The molecule has 0 spiro atoms. The van der Waals surface area contributed by atoms with Crippen LogP contribution in [0.25, 0.3) is 0 Å². The monoisotopic (exact) mass is 390 g/mol. The summed E-state index contributed by atoms with van der Waals surface area (Å²) in [6.45, 7) is 2.58. The SMILES string of the molecule is CCCOc1ccc(C=NCC(=O)Nc2ccccc2Br)c(O)c1. The normalized spacial score (nSPS) is 10.8. The van der Waals surface area contributed by atoms with Gasteiger partial charge in [-0.25, -0.2) is 0 Å². The molecular formula is C18H19BrN2O3. The Morgan fingerprint density at radius 3 is 2.83 bits per heavy atom. The predicted molar refractivity (Wildman–Crippen MR) is 99.1 cm³/mol. The molecule has 2 aromatic rings. The van der Waals surface area contributed by atoms with Crippen LogP contribution in [0.3, 0.4) is 0 Å². The topological polar surface area (TPSA) is 70.9 Å². The summed E-state index contributed by atoms with van der Waals surface area (Å²) in [4.78, 5) is 16.0. The summed E-state index contributed by atoms with van der Waals surface area (Å²) in [5.74, 6) is 0.442. The van der Waals surface area contributed by atoms with E-state index < -0.39 is 0 Å². The van der Waals surface area contributed by atoms with Crippen LogP contribution in [0.2, 0.25) is 0 Å². The van der Waals surface area contributed by atoms with Gasteiger partial charge in [0.25, 0.3) is 0 Å². The molecule has 0 fully saturated rings. The van der Waals surface area contributed by atoms with Crippen molar-refractivity contribution in [2.75, 3.05) is 18.5 Å². The van der Waals surface area contributed by atoms with Gasteiger partial charge in [-0.1, -0.05) is 19.1 Å². The Kier molecular flexibility index (Phi) is 6.81. The number of phenolic OH excluding ortho intramolecular Hbond substituents is 1. The van der Waals surface area contributed by atoms with Crippen molar-refractivity contribution in [1.82, 2.24) is 0 Å². The molecule has 0 unspecified atom stereocenters. The highest BCUT2D eigenvalue weighted by Crippen LogP contribution is 2.23. The van der Waals surface area contributed by atoms with E-state index in [2.05, 4.69) is 26.2 Å². The third-order valence-electron chi connectivity index (χ3n) is 3.09. The molecule has 0 saturated carbocycles. The summed E-state index contributed by atoms with van der Waals surface area (Å²) in [5, 5.41) is 12.7. The van der Waals surface area contributed by atoms with Crippen molar-refractivity contribution >= 4 is 33.7 Å². The number of rotatable bonds is 7. The second-order valence-corrected chi connectivity index (χ2v) is 5.92. The zero-order valence-corrected chi connectivity index (χ0v) is 14.9. The van der Waals surface area contributed by atoms with Gasteiger partial charge in [0, 0.05) is 22.3 Å². The van der Waals surface area contributed by atoms with E-state index in [1.54, 1.807) is 18.2 Å². The minimum atomic E-state index is -0.236. The lowest BCUT2D eigenvalue weighted by Gasteiger charge is -2.06. The van der Waals surface area contributed by atoms with E-state index in [1.807, 2.05) is 25.1 Å². The predicted octanol–water partition coefficient (Wildman–Crippen LogP) is 4.00. The van der Waals surface area contributed by atoms with Crippen molar-refractivity contribution < 1.29 is 14.6 Å². The van der Waals surface area contributed by atoms with Crippen LogP contribution in [0.4, 0.5) is 5.69 Å². The highest BCUT2D eigenvalue weighted by Gasteiger charge is 2.05. The van der Waals surface area contributed by atoms with Gasteiger partial charge in [0.1, 0.15) is 18.0 Å². The van der Waals surface area contributed by atoms with Gasteiger partial charge in [-0.05, 0) is 46.6 Å². The lowest BCUT2D eigenvalue weighted by molar-refractivity contribution is -0.114. The van der Waals surface area contributed by atoms with Crippen LogP contribution in [-0.2, 0) is 4.79 Å². The highest BCUT2D eigenvalue weighted by atomic mass is 79.9. The fourth-order valence-corrected chi connectivity index (χ4v) is 2.31. The van der Waals surface area contributed by atoms with E-state index in [-0.39, 0.29) is 18.2 Å². The molecule has 0 atom stereocenters. The summed E-state index contributed by atoms with van der Waals surface area (Å²) in [6.07, 6.45) is 2.37. The Morgan fingerprint density at radius 2 is 2.12 bits per heavy atom. The van der Waals surface area contributed by atoms with Crippen LogP contribution in [0.1, 0.15) is 18.9 Å². The minimum Gasteiger partial charge on any atom is -0.507 e. The molecule has 1 amide bonds. The van der Waals surface area contributed by atoms with Gasteiger partial charge >= 0.3 is 0 Å². The molecule has 2 N–H and O–H groups in total. The van der Waals surface area contributed by atoms with Crippen LogP contribution in [-0.4, -0.2) is 30.4 Å². The molecule has 0 bridgehead atoms. The first-order chi connectivity index (χ1) is 11.6. The number of aliphatic imine (C=N–C) groups is 1. The Labute approximate surface area is 149 Å². The molecule has 0 saturated heterocycles. The van der Waals surface area contributed by atoms with Gasteiger partial charge in [-0.15, -0.1) is 0 Å². The molecule has 2 rings (SSSR count). The molecule has 0 aliphatic carbocycles. The number of carbonyl (C=O) groups excluding carboxylic acids is 1. The minimum absolute atomic E-state index is 0.0329. The quantitative estimate of drug-likeness (QED) is 0.701. The average Bonchev–Trinajstić information content (AvgIpc) is 2.57. The molecule has 0 aromatic heterocycles. The first-order valence-electron chi connectivity index (χ1n) is 7.60. The average molecular weight is 391 g/mol. The number of amides is 1. The number of benzene rings is 2. The highest BCUT2D eigenvalue weighted by molar-refractivity contribution is 9.10. The second kappa shape index (κ2) is 9.08. The van der Waals surface area contributed by atoms with Gasteiger partial charge in [0.2, 0.25) is 5.91 Å². The van der Waals surface area contributed by atoms with Crippen molar-refractivity contribution in [2.24, 2.45) is 4.99 Å². The van der Waals surface area contributed by atoms with E-state index in [4.69, 9.17) is 4.74 Å². The zero-order chi connectivity index (χ0) is 17.4. The molecule has 0 aliphatic heterocycles. The lowest BCUT2D eigenvalue weighted by Crippen LogP contribution is -2.15. The number of hydrogen-bond acceptors (Lipinski definition) is 4. The number of nitrogens with one attached hydrogen (secondary N) is 1. The molecule has 0 radical (unpaired) electrons. The third kappa shape index (κ3) is 5.38. The molecule has 6 heteroatoms. The largest absolute Gasteiger partial charge is 0.507 e. The maximum absolute atomic E-state index is 11.9. The van der Waals surface area contributed by atoms with Crippen LogP contribution in [0.15, 0.2) is 51.9 Å². The number of nitrogens with zero attached hydrogens (tertiary/aromatic N) is 1. The van der Waals surface area contributed by atoms with Crippen molar-refractivity contribution in [1.29, 1.82) is 0 Å². The number of aromatic hydroxyl groups is 1. The van der Waals surface area contributed by atoms with Crippen LogP contribution < -0.4 is 10.1 Å². The Bertz CT molecular complexity index is 732. The Hall–Kier alpha value is -2.34. The van der Waals surface area contributed by atoms with Crippen LogP contribution in [0, 0.1) is 0 Å². The third-order valence-corrected chi connectivity index (χ3v) is 3.78. The van der Waals surface area contributed by atoms with E-state index in [0.29, 0.717) is 23.6 Å². The smallest absolute Gasteiger partial charge is 0.246 e. The van der Waals surface area contributed by atoms with Crippen molar-refractivity contribution in [3.8, 4) is 11.5 Å². The van der Waals surface area contributed by atoms with E-state index in [9.17, 15) is 9.90 Å². The summed E-state index contributed by atoms with van der Waals surface area (Å²) >= 11 is 3.37.